The van der Waals surface area contributed by atoms with Crippen LogP contribution >= 0.6 is 0 Å². The van der Waals surface area contributed by atoms with Gasteiger partial charge in [0.25, 0.3) is 0 Å². The van der Waals surface area contributed by atoms with E-state index < -0.39 is 0 Å². The van der Waals surface area contributed by atoms with E-state index in [9.17, 15) is 0 Å². The fraction of sp³-hybridized carbons (Fsp3) is 0.625. The minimum absolute atomic E-state index is 0.461. The first-order valence-corrected chi connectivity index (χ1v) is 7.17. The van der Waals surface area contributed by atoms with Crippen molar-refractivity contribution in [2.45, 2.75) is 39.2 Å². The lowest BCUT2D eigenvalue weighted by atomic mass is 10.00. The molecular formula is C16H26N2. The van der Waals surface area contributed by atoms with Crippen molar-refractivity contribution < 1.29 is 0 Å². The first kappa shape index (κ1) is 13.6. The molecule has 0 aromatic heterocycles. The molecule has 1 aliphatic heterocycles. The molecule has 1 N–H and O–H groups in total. The van der Waals surface area contributed by atoms with Gasteiger partial charge in [0.15, 0.2) is 0 Å². The Bertz CT molecular complexity index is 381. The average Bonchev–Trinajstić information content (AvgIpc) is 2.40. The predicted octanol–water partition coefficient (Wildman–Crippen LogP) is 3.05. The number of rotatable bonds is 4. The fourth-order valence-corrected chi connectivity index (χ4v) is 2.74. The number of benzene rings is 1. The number of hydrogen-bond acceptors (Lipinski definition) is 2. The summed E-state index contributed by atoms with van der Waals surface area (Å²) >= 11 is 0. The van der Waals surface area contributed by atoms with Gasteiger partial charge in [-0.2, -0.15) is 0 Å². The summed E-state index contributed by atoms with van der Waals surface area (Å²) in [4.78, 5) is 2.60. The van der Waals surface area contributed by atoms with Crippen LogP contribution in [0.15, 0.2) is 18.2 Å². The minimum atomic E-state index is 0.461. The summed E-state index contributed by atoms with van der Waals surface area (Å²) < 4.78 is 0. The smallest absolute Gasteiger partial charge is 0.0446 e. The van der Waals surface area contributed by atoms with Crippen molar-refractivity contribution in [1.82, 2.24) is 10.2 Å². The number of likely N-dealkylation sites (N-methyl/N-ethyl adjacent to an activating group) is 1. The number of nitrogens with zero attached hydrogens (tertiary/aromatic N) is 1. The first-order chi connectivity index (χ1) is 8.70. The largest absolute Gasteiger partial charge is 0.312 e. The molecule has 0 amide bonds. The Morgan fingerprint density at radius 3 is 2.44 bits per heavy atom. The summed E-state index contributed by atoms with van der Waals surface area (Å²) in [6.45, 7) is 8.05. The molecule has 0 bridgehead atoms. The van der Waals surface area contributed by atoms with Crippen LogP contribution in [-0.4, -0.2) is 31.6 Å². The lowest BCUT2D eigenvalue weighted by Crippen LogP contribution is -2.37. The van der Waals surface area contributed by atoms with Gasteiger partial charge in [-0.25, -0.2) is 0 Å². The van der Waals surface area contributed by atoms with Crippen LogP contribution < -0.4 is 5.32 Å². The third-order valence-electron chi connectivity index (χ3n) is 4.17. The second kappa shape index (κ2) is 6.35. The zero-order chi connectivity index (χ0) is 13.0. The maximum absolute atomic E-state index is 3.47. The van der Waals surface area contributed by atoms with E-state index in [0.717, 1.165) is 6.54 Å². The molecule has 0 saturated carbocycles. The van der Waals surface area contributed by atoms with Crippen molar-refractivity contribution in [2.75, 3.05) is 26.7 Å². The Kier molecular flexibility index (Phi) is 4.79. The Labute approximate surface area is 111 Å². The van der Waals surface area contributed by atoms with E-state index in [1.807, 2.05) is 0 Å². The highest BCUT2D eigenvalue weighted by Gasteiger charge is 2.16. The highest BCUT2D eigenvalue weighted by Crippen LogP contribution is 2.19. The fourth-order valence-electron chi connectivity index (χ4n) is 2.74. The lowest BCUT2D eigenvalue weighted by Gasteiger charge is -2.30. The van der Waals surface area contributed by atoms with Gasteiger partial charge in [0.2, 0.25) is 0 Å². The second-order valence-corrected chi connectivity index (χ2v) is 5.55. The average molecular weight is 246 g/mol. The monoisotopic (exact) mass is 246 g/mol. The van der Waals surface area contributed by atoms with Crippen LogP contribution in [0.2, 0.25) is 0 Å². The summed E-state index contributed by atoms with van der Waals surface area (Å²) in [6.07, 6.45) is 4.14. The maximum Gasteiger partial charge on any atom is 0.0446 e. The number of piperidine rings is 1. The van der Waals surface area contributed by atoms with Gasteiger partial charge in [-0.15, -0.1) is 0 Å². The topological polar surface area (TPSA) is 15.3 Å². The Morgan fingerprint density at radius 2 is 1.83 bits per heavy atom. The number of aryl methyl sites for hydroxylation is 2. The van der Waals surface area contributed by atoms with Gasteiger partial charge in [0.1, 0.15) is 0 Å². The van der Waals surface area contributed by atoms with Crippen LogP contribution in [0, 0.1) is 13.8 Å². The zero-order valence-corrected chi connectivity index (χ0v) is 12.0. The van der Waals surface area contributed by atoms with E-state index in [0.29, 0.717) is 6.04 Å². The lowest BCUT2D eigenvalue weighted by molar-refractivity contribution is 0.208. The molecule has 1 aromatic carbocycles. The van der Waals surface area contributed by atoms with E-state index in [1.54, 1.807) is 0 Å². The standard InChI is InChI=1S/C16H26N2/c1-13-7-8-15(11-14(13)2)16(17-3)12-18-9-5-4-6-10-18/h7-8,11,16-17H,4-6,9-10,12H2,1-3H3. The van der Waals surface area contributed by atoms with Crippen LogP contribution in [0.3, 0.4) is 0 Å². The van der Waals surface area contributed by atoms with Crippen LogP contribution in [-0.2, 0) is 0 Å². The van der Waals surface area contributed by atoms with Crippen molar-refractivity contribution in [3.05, 3.63) is 34.9 Å². The molecule has 0 spiro atoms. The van der Waals surface area contributed by atoms with Gasteiger partial charge in [-0.1, -0.05) is 24.6 Å². The zero-order valence-electron chi connectivity index (χ0n) is 12.0. The quantitative estimate of drug-likeness (QED) is 0.878. The van der Waals surface area contributed by atoms with Gasteiger partial charge < -0.3 is 10.2 Å². The van der Waals surface area contributed by atoms with Gasteiger partial charge in [-0.05, 0) is 63.5 Å². The highest BCUT2D eigenvalue weighted by molar-refractivity contribution is 5.31. The molecule has 1 aliphatic rings. The highest BCUT2D eigenvalue weighted by atomic mass is 15.1. The molecule has 2 nitrogen and oxygen atoms in total. The summed E-state index contributed by atoms with van der Waals surface area (Å²) in [5.41, 5.74) is 4.20. The molecule has 1 aromatic rings. The van der Waals surface area contributed by atoms with E-state index in [2.05, 4.69) is 49.3 Å². The molecule has 1 saturated heterocycles. The van der Waals surface area contributed by atoms with E-state index in [4.69, 9.17) is 0 Å². The SMILES string of the molecule is CNC(CN1CCCCC1)c1ccc(C)c(C)c1. The molecule has 0 aliphatic carbocycles. The van der Waals surface area contributed by atoms with Crippen molar-refractivity contribution in [1.29, 1.82) is 0 Å². The third-order valence-corrected chi connectivity index (χ3v) is 4.17. The predicted molar refractivity (Wildman–Crippen MR) is 78.0 cm³/mol. The van der Waals surface area contributed by atoms with Crippen molar-refractivity contribution in [3.63, 3.8) is 0 Å². The number of nitrogens with one attached hydrogen (secondary N) is 1. The Hall–Kier alpha value is -0.860. The summed E-state index contributed by atoms with van der Waals surface area (Å²) in [5, 5.41) is 3.47. The van der Waals surface area contributed by atoms with Gasteiger partial charge >= 0.3 is 0 Å². The minimum Gasteiger partial charge on any atom is -0.312 e. The molecule has 1 fully saturated rings. The van der Waals surface area contributed by atoms with Crippen molar-refractivity contribution in [2.24, 2.45) is 0 Å². The Morgan fingerprint density at radius 1 is 1.11 bits per heavy atom. The summed E-state index contributed by atoms with van der Waals surface area (Å²) in [5.74, 6) is 0. The molecule has 100 valence electrons. The molecule has 2 heteroatoms. The van der Waals surface area contributed by atoms with Gasteiger partial charge in [0, 0.05) is 12.6 Å². The van der Waals surface area contributed by atoms with Gasteiger partial charge in [-0.3, -0.25) is 0 Å². The van der Waals surface area contributed by atoms with Crippen LogP contribution in [0.25, 0.3) is 0 Å². The molecule has 2 rings (SSSR count). The number of hydrogen-bond donors (Lipinski definition) is 1. The van der Waals surface area contributed by atoms with Gasteiger partial charge in [0.05, 0.1) is 0 Å². The summed E-state index contributed by atoms with van der Waals surface area (Å²) in [7, 11) is 2.07. The third kappa shape index (κ3) is 3.33. The second-order valence-electron chi connectivity index (χ2n) is 5.55. The summed E-state index contributed by atoms with van der Waals surface area (Å²) in [6, 6.07) is 7.31. The van der Waals surface area contributed by atoms with Crippen LogP contribution in [0.1, 0.15) is 42.0 Å². The molecule has 1 atom stereocenters. The Balaban J connectivity index is 2.04. The normalized spacial score (nSPS) is 18.8. The molecule has 1 unspecified atom stereocenters. The first-order valence-electron chi connectivity index (χ1n) is 7.17. The van der Waals surface area contributed by atoms with E-state index >= 15 is 0 Å². The van der Waals surface area contributed by atoms with Crippen molar-refractivity contribution in [3.8, 4) is 0 Å². The van der Waals surface area contributed by atoms with E-state index in [-0.39, 0.29) is 0 Å². The molecular weight excluding hydrogens is 220 g/mol. The van der Waals surface area contributed by atoms with E-state index in [1.165, 1.54) is 49.0 Å². The van der Waals surface area contributed by atoms with Crippen LogP contribution in [0.5, 0.6) is 0 Å². The molecule has 18 heavy (non-hydrogen) atoms. The molecule has 1 heterocycles. The maximum atomic E-state index is 3.47. The molecule has 0 radical (unpaired) electrons. The number of likely N-dealkylation sites (tertiary alicyclic amines) is 1. The van der Waals surface area contributed by atoms with Crippen molar-refractivity contribution >= 4 is 0 Å². The van der Waals surface area contributed by atoms with Crippen LogP contribution in [0.4, 0.5) is 0 Å².